The van der Waals surface area contributed by atoms with E-state index in [-0.39, 0.29) is 49.4 Å². The van der Waals surface area contributed by atoms with Crippen molar-refractivity contribution in [2.45, 2.75) is 169 Å². The highest BCUT2D eigenvalue weighted by Gasteiger charge is 2.36. The number of rotatable bonds is 34. The summed E-state index contributed by atoms with van der Waals surface area (Å²) in [6.45, 7) is 16.7. The van der Waals surface area contributed by atoms with Gasteiger partial charge >= 0.3 is 17.9 Å². The molecule has 0 rings (SSSR count). The van der Waals surface area contributed by atoms with Crippen molar-refractivity contribution in [2.24, 2.45) is 35.3 Å². The molecule has 0 aliphatic rings. The Hall–Kier alpha value is -5.52. The minimum atomic E-state index is -1.75. The molecule has 9 atom stereocenters. The Balaban J connectivity index is 6.26. The highest BCUT2D eigenvalue weighted by molar-refractivity contribution is 7.98. The normalized spacial score (nSPS) is 15.2. The number of carbonyl (C=O) groups is 11. The molecule has 0 bridgehead atoms. The minimum Gasteiger partial charge on any atom is -0.481 e. The quantitative estimate of drug-likeness (QED) is 0.0399. The van der Waals surface area contributed by atoms with Gasteiger partial charge in [-0.15, -0.1) is 0 Å². The standard InChI is InChI=1S/C45H79N9O14S/c1-12-26(10)37(54-43(65)30(17-24(6)7)49-38(60)27(46)13-14-69-11)44(66)52-32(20-36(58)59)41(63)50-28(15-22(2)3)39(61)47-21-34(55)48-29(16-23(4)5)40(62)51-31(19-35(56)57)42(64)53-33(45(67)68)18-25(8)9/h22-33,37H,12-21,46H2,1-11H3,(H,47,61)(H,48,55)(H,49,60)(H,50,63)(H,51,62)(H,52,66)(H,53,64)(H,54,65)(H,56,57)(H,58,59)(H,67,68)/t26-,27-,28-,29-,30-,31-,32-,33-,37-/m0/s1. The van der Waals surface area contributed by atoms with Gasteiger partial charge in [-0.2, -0.15) is 11.8 Å². The molecule has 69 heavy (non-hydrogen) atoms. The van der Waals surface area contributed by atoms with Crippen molar-refractivity contribution in [3.8, 4) is 0 Å². The first-order chi connectivity index (χ1) is 32.0. The molecule has 0 aliphatic heterocycles. The van der Waals surface area contributed by atoms with Gasteiger partial charge in [-0.3, -0.25) is 47.9 Å². The number of carboxylic acid groups (broad SMARTS) is 3. The lowest BCUT2D eigenvalue weighted by molar-refractivity contribution is -0.144. The van der Waals surface area contributed by atoms with Gasteiger partial charge in [0.2, 0.25) is 47.3 Å². The summed E-state index contributed by atoms with van der Waals surface area (Å²) in [5.41, 5.74) is 6.03. The van der Waals surface area contributed by atoms with E-state index < -0.39 is 139 Å². The van der Waals surface area contributed by atoms with E-state index in [1.807, 2.05) is 20.1 Å². The number of hydrogen-bond acceptors (Lipinski definition) is 13. The van der Waals surface area contributed by atoms with E-state index in [9.17, 15) is 68.1 Å². The van der Waals surface area contributed by atoms with Crippen molar-refractivity contribution < 1.29 is 68.1 Å². The Morgan fingerprint density at radius 3 is 1.26 bits per heavy atom. The summed E-state index contributed by atoms with van der Waals surface area (Å²) in [4.78, 5) is 143. The maximum atomic E-state index is 13.9. The molecule has 8 amide bonds. The molecule has 0 aromatic rings. The molecule has 394 valence electrons. The van der Waals surface area contributed by atoms with Crippen molar-refractivity contribution in [2.75, 3.05) is 18.6 Å². The molecule has 0 aromatic carbocycles. The van der Waals surface area contributed by atoms with Crippen LogP contribution in [0.15, 0.2) is 0 Å². The zero-order valence-electron chi connectivity index (χ0n) is 41.9. The van der Waals surface area contributed by atoms with Gasteiger partial charge in [-0.1, -0.05) is 75.7 Å². The highest BCUT2D eigenvalue weighted by Crippen LogP contribution is 2.14. The van der Waals surface area contributed by atoms with E-state index in [1.165, 1.54) is 11.8 Å². The Morgan fingerprint density at radius 1 is 0.478 bits per heavy atom. The lowest BCUT2D eigenvalue weighted by atomic mass is 9.96. The molecule has 0 heterocycles. The number of nitrogens with one attached hydrogen (secondary N) is 8. The number of nitrogens with two attached hydrogens (primary N) is 1. The van der Waals surface area contributed by atoms with E-state index in [4.69, 9.17) is 5.73 Å². The second-order valence-electron chi connectivity index (χ2n) is 19.0. The van der Waals surface area contributed by atoms with Crippen LogP contribution in [-0.2, 0) is 52.7 Å². The van der Waals surface area contributed by atoms with E-state index in [0.29, 0.717) is 18.6 Å². The van der Waals surface area contributed by atoms with Crippen molar-refractivity contribution >= 4 is 76.9 Å². The maximum absolute atomic E-state index is 13.9. The Bertz CT molecular complexity index is 1770. The van der Waals surface area contributed by atoms with Gasteiger partial charge in [-0.05, 0) is 73.7 Å². The molecule has 0 saturated carbocycles. The van der Waals surface area contributed by atoms with Crippen LogP contribution < -0.4 is 48.3 Å². The number of thioether (sulfide) groups is 1. The van der Waals surface area contributed by atoms with Crippen LogP contribution in [0.3, 0.4) is 0 Å². The second-order valence-corrected chi connectivity index (χ2v) is 19.9. The molecule has 23 nitrogen and oxygen atoms in total. The number of carboxylic acids is 3. The van der Waals surface area contributed by atoms with Gasteiger partial charge in [-0.25, -0.2) is 4.79 Å². The Kier molecular flexibility index (Phi) is 29.7. The van der Waals surface area contributed by atoms with E-state index in [0.717, 1.165) is 0 Å². The van der Waals surface area contributed by atoms with Gasteiger partial charge in [0, 0.05) is 0 Å². The molecule has 0 aliphatic carbocycles. The van der Waals surface area contributed by atoms with Crippen molar-refractivity contribution in [1.29, 1.82) is 0 Å². The van der Waals surface area contributed by atoms with Crippen LogP contribution in [0.5, 0.6) is 0 Å². The number of amides is 8. The summed E-state index contributed by atoms with van der Waals surface area (Å²) in [7, 11) is 0. The van der Waals surface area contributed by atoms with Crippen LogP contribution in [0.2, 0.25) is 0 Å². The van der Waals surface area contributed by atoms with Gasteiger partial charge in [0.15, 0.2) is 0 Å². The van der Waals surface area contributed by atoms with Crippen LogP contribution in [0, 0.1) is 29.6 Å². The largest absolute Gasteiger partial charge is 0.481 e. The van der Waals surface area contributed by atoms with Crippen molar-refractivity contribution in [3.63, 3.8) is 0 Å². The maximum Gasteiger partial charge on any atom is 0.326 e. The molecule has 0 radical (unpaired) electrons. The lowest BCUT2D eigenvalue weighted by Gasteiger charge is -2.29. The van der Waals surface area contributed by atoms with Gasteiger partial charge < -0.3 is 63.6 Å². The van der Waals surface area contributed by atoms with Gasteiger partial charge in [0.25, 0.3) is 0 Å². The first-order valence-electron chi connectivity index (χ1n) is 23.3. The molecule has 0 aromatic heterocycles. The summed E-state index contributed by atoms with van der Waals surface area (Å²) in [6, 6.07) is -10.8. The molecule has 13 N–H and O–H groups in total. The van der Waals surface area contributed by atoms with Crippen molar-refractivity contribution in [1.82, 2.24) is 42.5 Å². The molecule has 0 saturated heterocycles. The van der Waals surface area contributed by atoms with Crippen LogP contribution in [0.25, 0.3) is 0 Å². The zero-order valence-corrected chi connectivity index (χ0v) is 42.7. The predicted molar refractivity (Wildman–Crippen MR) is 257 cm³/mol. The summed E-state index contributed by atoms with van der Waals surface area (Å²) in [5.74, 6) is -12.0. The predicted octanol–water partition coefficient (Wildman–Crippen LogP) is -0.159. The fraction of sp³-hybridized carbons (Fsp3) is 0.756. The third-order valence-electron chi connectivity index (χ3n) is 10.6. The Labute approximate surface area is 409 Å². The number of carbonyl (C=O) groups excluding carboxylic acids is 8. The molecule has 0 fully saturated rings. The average Bonchev–Trinajstić information content (AvgIpc) is 3.23. The smallest absolute Gasteiger partial charge is 0.326 e. The summed E-state index contributed by atoms with van der Waals surface area (Å²) in [5, 5.41) is 48.3. The monoisotopic (exact) mass is 1000 g/mol. The van der Waals surface area contributed by atoms with Gasteiger partial charge in [0.1, 0.15) is 42.3 Å². The minimum absolute atomic E-state index is 0.00932. The van der Waals surface area contributed by atoms with E-state index in [2.05, 4.69) is 42.5 Å². The average molecular weight is 1000 g/mol. The van der Waals surface area contributed by atoms with E-state index >= 15 is 0 Å². The molecule has 0 unspecified atom stereocenters. The molecular formula is C45H79N9O14S. The molecule has 0 spiro atoms. The van der Waals surface area contributed by atoms with E-state index in [1.54, 1.807) is 55.4 Å². The second kappa shape index (κ2) is 32.3. The fourth-order valence-electron chi connectivity index (χ4n) is 6.79. The van der Waals surface area contributed by atoms with Crippen LogP contribution in [0.4, 0.5) is 0 Å². The Morgan fingerprint density at radius 2 is 0.841 bits per heavy atom. The van der Waals surface area contributed by atoms with Crippen LogP contribution in [0.1, 0.15) is 121 Å². The third kappa shape index (κ3) is 26.2. The summed E-state index contributed by atoms with van der Waals surface area (Å²) < 4.78 is 0. The first-order valence-corrected chi connectivity index (χ1v) is 24.7. The molecule has 24 heteroatoms. The fourth-order valence-corrected chi connectivity index (χ4v) is 7.28. The van der Waals surface area contributed by atoms with Crippen molar-refractivity contribution in [3.05, 3.63) is 0 Å². The zero-order chi connectivity index (χ0) is 53.3. The molecular weight excluding hydrogens is 923 g/mol. The number of aliphatic carboxylic acids is 3. The summed E-state index contributed by atoms with van der Waals surface area (Å²) >= 11 is 1.50. The lowest BCUT2D eigenvalue weighted by Crippen LogP contribution is -2.60. The van der Waals surface area contributed by atoms with Gasteiger partial charge in [0.05, 0.1) is 25.4 Å². The topological polar surface area (TPSA) is 371 Å². The third-order valence-corrected chi connectivity index (χ3v) is 11.2. The van der Waals surface area contributed by atoms with Crippen LogP contribution in [-0.4, -0.2) is 147 Å². The SMILES string of the molecule is CC[C@H](C)[C@H](NC(=O)[C@H](CC(C)C)NC(=O)[C@@H](N)CCSC)C(=O)N[C@@H](CC(=O)O)C(=O)N[C@@H](CC(C)C)C(=O)NCC(=O)N[C@@H](CC(C)C)C(=O)N[C@@H](CC(=O)O)C(=O)N[C@@H](CC(C)C)C(=O)O. The number of hydrogen-bond donors (Lipinski definition) is 12. The van der Waals surface area contributed by atoms with Crippen LogP contribution >= 0.6 is 11.8 Å². The highest BCUT2D eigenvalue weighted by atomic mass is 32.2. The summed E-state index contributed by atoms with van der Waals surface area (Å²) in [6.07, 6.45) is 0.942. The first kappa shape index (κ1) is 63.5.